The Bertz CT molecular complexity index is 821. The van der Waals surface area contributed by atoms with Crippen LogP contribution >= 0.6 is 0 Å². The monoisotopic (exact) mass is 401 g/mol. The number of ether oxygens (including phenoxy) is 4. The molecule has 2 aromatic carbocycles. The van der Waals surface area contributed by atoms with E-state index in [1.54, 1.807) is 14.2 Å². The molecule has 0 aliphatic rings. The van der Waals surface area contributed by atoms with Crippen LogP contribution in [-0.2, 0) is 20.7 Å². The van der Waals surface area contributed by atoms with Gasteiger partial charge in [-0.05, 0) is 48.7 Å². The molecule has 0 bridgehead atoms. The van der Waals surface area contributed by atoms with Gasteiger partial charge < -0.3 is 24.3 Å². The molecule has 1 amide bonds. The highest BCUT2D eigenvalue weighted by molar-refractivity contribution is 5.80. The fraction of sp³-hybridized carbons (Fsp3) is 0.364. The van der Waals surface area contributed by atoms with Crippen molar-refractivity contribution in [2.45, 2.75) is 19.8 Å². The molecule has 0 radical (unpaired) electrons. The molecule has 7 nitrogen and oxygen atoms in total. The van der Waals surface area contributed by atoms with Gasteiger partial charge in [0, 0.05) is 6.54 Å². The number of amides is 1. The van der Waals surface area contributed by atoms with Crippen molar-refractivity contribution in [2.75, 3.05) is 34.0 Å². The van der Waals surface area contributed by atoms with E-state index in [1.807, 2.05) is 49.4 Å². The van der Waals surface area contributed by atoms with Crippen LogP contribution in [0.2, 0.25) is 0 Å². The lowest BCUT2D eigenvalue weighted by Gasteiger charge is -2.10. The van der Waals surface area contributed by atoms with Gasteiger partial charge in [-0.25, -0.2) is 0 Å². The largest absolute Gasteiger partial charge is 0.493 e. The van der Waals surface area contributed by atoms with Gasteiger partial charge in [-0.3, -0.25) is 9.59 Å². The predicted octanol–water partition coefficient (Wildman–Crippen LogP) is 2.68. The van der Waals surface area contributed by atoms with Crippen molar-refractivity contribution in [3.05, 3.63) is 53.6 Å². The molecule has 0 saturated heterocycles. The summed E-state index contributed by atoms with van der Waals surface area (Å²) in [6.45, 7) is 2.27. The summed E-state index contributed by atoms with van der Waals surface area (Å²) < 4.78 is 20.9. The van der Waals surface area contributed by atoms with E-state index in [4.69, 9.17) is 18.9 Å². The lowest BCUT2D eigenvalue weighted by molar-refractivity contribution is -0.149. The summed E-state index contributed by atoms with van der Waals surface area (Å²) in [6, 6.07) is 13.1. The van der Waals surface area contributed by atoms with Gasteiger partial charge in [-0.1, -0.05) is 18.2 Å². The lowest BCUT2D eigenvalue weighted by Crippen LogP contribution is -2.30. The van der Waals surface area contributed by atoms with Crippen molar-refractivity contribution in [2.24, 2.45) is 0 Å². The first-order valence-corrected chi connectivity index (χ1v) is 9.34. The van der Waals surface area contributed by atoms with Crippen molar-refractivity contribution in [1.82, 2.24) is 5.32 Å². The Morgan fingerprint density at radius 3 is 2.52 bits per heavy atom. The molecule has 2 rings (SSSR count). The number of hydrogen-bond donors (Lipinski definition) is 1. The molecule has 0 spiro atoms. The summed E-state index contributed by atoms with van der Waals surface area (Å²) in [4.78, 5) is 23.6. The van der Waals surface area contributed by atoms with E-state index in [0.29, 0.717) is 30.2 Å². The molecule has 156 valence electrons. The molecule has 0 unspecified atom stereocenters. The van der Waals surface area contributed by atoms with Crippen molar-refractivity contribution in [3.63, 3.8) is 0 Å². The van der Waals surface area contributed by atoms with Crippen LogP contribution in [0.5, 0.6) is 17.2 Å². The second kappa shape index (κ2) is 11.6. The Hall–Kier alpha value is -3.22. The van der Waals surface area contributed by atoms with E-state index in [2.05, 4.69) is 5.32 Å². The minimum absolute atomic E-state index is 0.0763. The number of methoxy groups -OCH3 is 2. The molecular weight excluding hydrogens is 374 g/mol. The van der Waals surface area contributed by atoms with Crippen LogP contribution in [0.25, 0.3) is 0 Å². The molecular formula is C22H27NO6. The molecule has 0 aliphatic heterocycles. The van der Waals surface area contributed by atoms with E-state index in [0.717, 1.165) is 11.1 Å². The number of esters is 1. The summed E-state index contributed by atoms with van der Waals surface area (Å²) >= 11 is 0. The third-order valence-corrected chi connectivity index (χ3v) is 4.11. The van der Waals surface area contributed by atoms with Gasteiger partial charge in [0.1, 0.15) is 5.75 Å². The van der Waals surface area contributed by atoms with E-state index in [9.17, 15) is 9.59 Å². The zero-order valence-electron chi connectivity index (χ0n) is 17.0. The first kappa shape index (κ1) is 22.1. The van der Waals surface area contributed by atoms with Crippen molar-refractivity contribution >= 4 is 11.9 Å². The average molecular weight is 401 g/mol. The van der Waals surface area contributed by atoms with Crippen molar-refractivity contribution in [1.29, 1.82) is 0 Å². The highest BCUT2D eigenvalue weighted by Crippen LogP contribution is 2.27. The Kier molecular flexibility index (Phi) is 8.82. The predicted molar refractivity (Wildman–Crippen MR) is 109 cm³/mol. The highest BCUT2D eigenvalue weighted by Gasteiger charge is 2.09. The van der Waals surface area contributed by atoms with Gasteiger partial charge in [0.2, 0.25) is 0 Å². The third-order valence-electron chi connectivity index (χ3n) is 4.11. The molecule has 0 aromatic heterocycles. The normalized spacial score (nSPS) is 10.2. The van der Waals surface area contributed by atoms with E-state index in [1.165, 1.54) is 0 Å². The van der Waals surface area contributed by atoms with Gasteiger partial charge in [-0.15, -0.1) is 0 Å². The maximum Gasteiger partial charge on any atom is 0.309 e. The summed E-state index contributed by atoms with van der Waals surface area (Å²) in [5.41, 5.74) is 2.07. The molecule has 0 atom stereocenters. The Morgan fingerprint density at radius 1 is 1.00 bits per heavy atom. The highest BCUT2D eigenvalue weighted by atomic mass is 16.5. The molecule has 1 N–H and O–H groups in total. The van der Waals surface area contributed by atoms with Gasteiger partial charge in [0.15, 0.2) is 18.1 Å². The van der Waals surface area contributed by atoms with Crippen LogP contribution in [0.3, 0.4) is 0 Å². The number of rotatable bonds is 11. The quantitative estimate of drug-likeness (QED) is 0.583. The van der Waals surface area contributed by atoms with Crippen LogP contribution < -0.4 is 19.5 Å². The number of carbonyl (C=O) groups excluding carboxylic acids is 2. The minimum Gasteiger partial charge on any atom is -0.493 e. The lowest BCUT2D eigenvalue weighted by atomic mass is 10.1. The average Bonchev–Trinajstić information content (AvgIpc) is 2.72. The zero-order valence-corrected chi connectivity index (χ0v) is 17.0. The van der Waals surface area contributed by atoms with Crippen LogP contribution in [0, 0.1) is 6.92 Å². The number of nitrogens with one attached hydrogen (secondary N) is 1. The minimum atomic E-state index is -0.479. The second-order valence-electron chi connectivity index (χ2n) is 6.36. The fourth-order valence-electron chi connectivity index (χ4n) is 2.61. The van der Waals surface area contributed by atoms with Crippen LogP contribution in [-0.4, -0.2) is 45.9 Å². The second-order valence-corrected chi connectivity index (χ2v) is 6.36. The van der Waals surface area contributed by atoms with E-state index in [-0.39, 0.29) is 25.5 Å². The Morgan fingerprint density at radius 2 is 1.79 bits per heavy atom. The molecule has 2 aromatic rings. The smallest absolute Gasteiger partial charge is 0.309 e. The standard InChI is InChI=1S/C22H27NO6/c1-16-5-4-6-18(13-16)28-12-10-22(25)29-15-21(24)23-11-9-17-7-8-19(26-2)20(14-17)27-3/h4-8,13-14H,9-12,15H2,1-3H3,(H,23,24). The molecule has 0 aliphatic carbocycles. The van der Waals surface area contributed by atoms with Gasteiger partial charge in [0.25, 0.3) is 5.91 Å². The van der Waals surface area contributed by atoms with Crippen LogP contribution in [0.1, 0.15) is 17.5 Å². The third kappa shape index (κ3) is 7.73. The summed E-state index contributed by atoms with van der Waals surface area (Å²) in [5, 5.41) is 2.72. The van der Waals surface area contributed by atoms with Crippen LogP contribution in [0.4, 0.5) is 0 Å². The van der Waals surface area contributed by atoms with Gasteiger partial charge >= 0.3 is 5.97 Å². The van der Waals surface area contributed by atoms with Crippen molar-refractivity contribution in [3.8, 4) is 17.2 Å². The SMILES string of the molecule is COc1ccc(CCNC(=O)COC(=O)CCOc2cccc(C)c2)cc1OC. The number of aryl methyl sites for hydroxylation is 1. The first-order chi connectivity index (χ1) is 14.0. The zero-order chi connectivity index (χ0) is 21.1. The molecule has 29 heavy (non-hydrogen) atoms. The fourth-order valence-corrected chi connectivity index (χ4v) is 2.61. The molecule has 7 heteroatoms. The van der Waals surface area contributed by atoms with Crippen LogP contribution in [0.15, 0.2) is 42.5 Å². The summed E-state index contributed by atoms with van der Waals surface area (Å²) in [7, 11) is 3.15. The number of carbonyl (C=O) groups is 2. The van der Waals surface area contributed by atoms with Gasteiger partial charge in [-0.2, -0.15) is 0 Å². The topological polar surface area (TPSA) is 83.1 Å². The number of benzene rings is 2. The number of hydrogen-bond acceptors (Lipinski definition) is 6. The van der Waals surface area contributed by atoms with Gasteiger partial charge in [0.05, 0.1) is 27.2 Å². The first-order valence-electron chi connectivity index (χ1n) is 9.34. The van der Waals surface area contributed by atoms with Crippen molar-refractivity contribution < 1.29 is 28.5 Å². The maximum absolute atomic E-state index is 11.8. The molecule has 0 saturated carbocycles. The summed E-state index contributed by atoms with van der Waals surface area (Å²) in [6.07, 6.45) is 0.692. The molecule has 0 heterocycles. The Labute approximate surface area is 170 Å². The van der Waals surface area contributed by atoms with E-state index < -0.39 is 5.97 Å². The summed E-state index contributed by atoms with van der Waals surface area (Å²) in [5.74, 6) is 1.16. The van der Waals surface area contributed by atoms with E-state index >= 15 is 0 Å². The maximum atomic E-state index is 11.8. The molecule has 0 fully saturated rings. The Balaban J connectivity index is 1.62.